The molecule has 1 saturated heterocycles. The van der Waals surface area contributed by atoms with Gasteiger partial charge in [-0.25, -0.2) is 0 Å². The molecule has 6 heteroatoms. The predicted octanol–water partition coefficient (Wildman–Crippen LogP) is 0.0423. The zero-order valence-electron chi connectivity index (χ0n) is 8.73. The molecule has 1 heterocycles. The van der Waals surface area contributed by atoms with Crippen molar-refractivity contribution in [1.82, 2.24) is 10.2 Å². The van der Waals surface area contributed by atoms with E-state index in [4.69, 9.17) is 5.11 Å². The average molecular weight is 232 g/mol. The maximum absolute atomic E-state index is 11.3. The van der Waals surface area contributed by atoms with E-state index in [9.17, 15) is 9.59 Å². The third-order valence-electron chi connectivity index (χ3n) is 2.41. The molecule has 0 saturated carbocycles. The summed E-state index contributed by atoms with van der Waals surface area (Å²) < 4.78 is 0. The second-order valence-electron chi connectivity index (χ2n) is 3.38. The van der Waals surface area contributed by atoms with Crippen LogP contribution in [0.2, 0.25) is 0 Å². The number of thioether (sulfide) groups is 1. The van der Waals surface area contributed by atoms with E-state index >= 15 is 0 Å². The van der Waals surface area contributed by atoms with Gasteiger partial charge in [0.2, 0.25) is 5.91 Å². The van der Waals surface area contributed by atoms with Crippen molar-refractivity contribution in [2.24, 2.45) is 0 Å². The molecule has 2 N–H and O–H groups in total. The minimum atomic E-state index is -0.104. The SMILES string of the molecule is CSC(=O)N1CCC1CC(=O)NCCO. The highest BCUT2D eigenvalue weighted by molar-refractivity contribution is 8.12. The summed E-state index contributed by atoms with van der Waals surface area (Å²) >= 11 is 1.17. The fourth-order valence-electron chi connectivity index (χ4n) is 1.49. The Bertz CT molecular complexity index is 248. The topological polar surface area (TPSA) is 69.6 Å². The first-order valence-electron chi connectivity index (χ1n) is 4.91. The molecule has 1 rings (SSSR count). The second kappa shape index (κ2) is 5.97. The summed E-state index contributed by atoms with van der Waals surface area (Å²) in [6, 6.07) is 0.0450. The van der Waals surface area contributed by atoms with Gasteiger partial charge in [0.15, 0.2) is 0 Å². The summed E-state index contributed by atoms with van der Waals surface area (Å²) in [4.78, 5) is 24.3. The van der Waals surface area contributed by atoms with E-state index in [1.165, 1.54) is 11.8 Å². The summed E-state index contributed by atoms with van der Waals surface area (Å²) in [5.74, 6) is -0.104. The first kappa shape index (κ1) is 12.3. The molecule has 1 aliphatic rings. The normalized spacial score (nSPS) is 19.6. The molecular weight excluding hydrogens is 216 g/mol. The molecule has 1 unspecified atom stereocenters. The lowest BCUT2D eigenvalue weighted by Gasteiger charge is -2.40. The Kier molecular flexibility index (Phi) is 4.90. The number of aliphatic hydroxyl groups is 1. The van der Waals surface area contributed by atoms with Gasteiger partial charge >= 0.3 is 0 Å². The van der Waals surface area contributed by atoms with Gasteiger partial charge in [0.1, 0.15) is 0 Å². The minimum Gasteiger partial charge on any atom is -0.395 e. The van der Waals surface area contributed by atoms with Crippen molar-refractivity contribution in [3.05, 3.63) is 0 Å². The van der Waals surface area contributed by atoms with Crippen LogP contribution in [0.5, 0.6) is 0 Å². The maximum Gasteiger partial charge on any atom is 0.281 e. The number of nitrogens with zero attached hydrogens (tertiary/aromatic N) is 1. The first-order chi connectivity index (χ1) is 7.19. The molecule has 0 radical (unpaired) electrons. The Hall–Kier alpha value is -0.750. The monoisotopic (exact) mass is 232 g/mol. The standard InChI is InChI=1S/C9H16N2O3S/c1-15-9(14)11-4-2-7(11)6-8(13)10-3-5-12/h7,12H,2-6H2,1H3,(H,10,13). The minimum absolute atomic E-state index is 0.0289. The highest BCUT2D eigenvalue weighted by Crippen LogP contribution is 2.23. The van der Waals surface area contributed by atoms with E-state index in [1.54, 1.807) is 11.2 Å². The molecule has 0 aliphatic carbocycles. The van der Waals surface area contributed by atoms with Crippen molar-refractivity contribution in [3.63, 3.8) is 0 Å². The third-order valence-corrected chi connectivity index (χ3v) is 2.99. The van der Waals surface area contributed by atoms with E-state index in [1.807, 2.05) is 0 Å². The van der Waals surface area contributed by atoms with E-state index in [-0.39, 0.29) is 30.3 Å². The molecule has 0 aromatic rings. The summed E-state index contributed by atoms with van der Waals surface area (Å²) in [6.45, 7) is 0.976. The number of likely N-dealkylation sites (tertiary alicyclic amines) is 1. The molecule has 1 aliphatic heterocycles. The fraction of sp³-hybridized carbons (Fsp3) is 0.778. The van der Waals surface area contributed by atoms with Crippen molar-refractivity contribution in [2.75, 3.05) is 26.0 Å². The van der Waals surface area contributed by atoms with E-state index in [0.717, 1.165) is 13.0 Å². The van der Waals surface area contributed by atoms with Gasteiger partial charge in [-0.3, -0.25) is 9.59 Å². The summed E-state index contributed by atoms with van der Waals surface area (Å²) in [7, 11) is 0. The van der Waals surface area contributed by atoms with Crippen molar-refractivity contribution in [2.45, 2.75) is 18.9 Å². The van der Waals surface area contributed by atoms with Crippen LogP contribution < -0.4 is 5.32 Å². The molecule has 1 fully saturated rings. The molecule has 0 aromatic heterocycles. The zero-order valence-corrected chi connectivity index (χ0v) is 9.55. The molecule has 86 valence electrons. The van der Waals surface area contributed by atoms with Crippen LogP contribution in [0.3, 0.4) is 0 Å². The maximum atomic E-state index is 11.3. The smallest absolute Gasteiger partial charge is 0.281 e. The Morgan fingerprint density at radius 3 is 2.80 bits per heavy atom. The van der Waals surface area contributed by atoms with Gasteiger partial charge in [0.05, 0.1) is 6.61 Å². The molecular formula is C9H16N2O3S. The number of aliphatic hydroxyl groups excluding tert-OH is 1. The van der Waals surface area contributed by atoms with Crippen molar-refractivity contribution in [1.29, 1.82) is 0 Å². The Labute approximate surface area is 93.2 Å². The number of amides is 2. The summed E-state index contributed by atoms with van der Waals surface area (Å²) in [5.41, 5.74) is 0. The number of carbonyl (C=O) groups is 2. The number of nitrogens with one attached hydrogen (secondary N) is 1. The molecule has 0 spiro atoms. The highest BCUT2D eigenvalue weighted by Gasteiger charge is 2.32. The van der Waals surface area contributed by atoms with Crippen LogP contribution in [-0.4, -0.2) is 53.1 Å². The van der Waals surface area contributed by atoms with Gasteiger partial charge in [-0.1, -0.05) is 11.8 Å². The molecule has 5 nitrogen and oxygen atoms in total. The largest absolute Gasteiger partial charge is 0.395 e. The third kappa shape index (κ3) is 3.39. The fourth-order valence-corrected chi connectivity index (χ4v) is 1.97. The van der Waals surface area contributed by atoms with E-state index < -0.39 is 0 Å². The first-order valence-corrected chi connectivity index (χ1v) is 6.13. The lowest BCUT2D eigenvalue weighted by atomic mass is 10.0. The van der Waals surface area contributed by atoms with Gasteiger partial charge in [-0.15, -0.1) is 0 Å². The number of hydrogen-bond acceptors (Lipinski definition) is 4. The van der Waals surface area contributed by atoms with Crippen molar-refractivity contribution >= 4 is 22.9 Å². The molecule has 2 amide bonds. The predicted molar refractivity (Wildman–Crippen MR) is 58.7 cm³/mol. The van der Waals surface area contributed by atoms with Crippen LogP contribution in [0.1, 0.15) is 12.8 Å². The molecule has 0 bridgehead atoms. The molecule has 0 aromatic carbocycles. The van der Waals surface area contributed by atoms with Gasteiger partial charge in [0.25, 0.3) is 5.24 Å². The number of carbonyl (C=O) groups excluding carboxylic acids is 2. The van der Waals surface area contributed by atoms with E-state index in [2.05, 4.69) is 5.32 Å². The number of hydrogen-bond donors (Lipinski definition) is 2. The van der Waals surface area contributed by atoms with E-state index in [0.29, 0.717) is 6.42 Å². The molecule has 1 atom stereocenters. The second-order valence-corrected chi connectivity index (χ2v) is 4.14. The van der Waals surface area contributed by atoms with Gasteiger partial charge < -0.3 is 15.3 Å². The van der Waals surface area contributed by atoms with Crippen LogP contribution in [0.25, 0.3) is 0 Å². The Morgan fingerprint density at radius 2 is 2.33 bits per heavy atom. The summed E-state index contributed by atoms with van der Waals surface area (Å²) in [5, 5.41) is 11.1. The van der Waals surface area contributed by atoms with Gasteiger partial charge in [-0.2, -0.15) is 0 Å². The average Bonchev–Trinajstić information content (AvgIpc) is 2.21. The molecule has 15 heavy (non-hydrogen) atoms. The quantitative estimate of drug-likeness (QED) is 0.718. The van der Waals surface area contributed by atoms with Crippen LogP contribution in [0.15, 0.2) is 0 Å². The lowest BCUT2D eigenvalue weighted by molar-refractivity contribution is -0.123. The van der Waals surface area contributed by atoms with Gasteiger partial charge in [-0.05, 0) is 12.7 Å². The van der Waals surface area contributed by atoms with Crippen LogP contribution >= 0.6 is 11.8 Å². The Balaban J connectivity index is 2.27. The number of rotatable bonds is 4. The van der Waals surface area contributed by atoms with Crippen LogP contribution in [0, 0.1) is 0 Å². The van der Waals surface area contributed by atoms with Crippen molar-refractivity contribution in [3.8, 4) is 0 Å². The highest BCUT2D eigenvalue weighted by atomic mass is 32.2. The lowest BCUT2D eigenvalue weighted by Crippen LogP contribution is -2.51. The van der Waals surface area contributed by atoms with Gasteiger partial charge in [0, 0.05) is 25.6 Å². The summed E-state index contributed by atoms with van der Waals surface area (Å²) in [6.07, 6.45) is 2.97. The zero-order chi connectivity index (χ0) is 11.3. The van der Waals surface area contributed by atoms with Crippen molar-refractivity contribution < 1.29 is 14.7 Å². The van der Waals surface area contributed by atoms with Crippen LogP contribution in [-0.2, 0) is 4.79 Å². The Morgan fingerprint density at radius 1 is 1.60 bits per heavy atom. The van der Waals surface area contributed by atoms with Crippen LogP contribution in [0.4, 0.5) is 4.79 Å².